The molecule has 1 heterocycles. The summed E-state index contributed by atoms with van der Waals surface area (Å²) in [6.45, 7) is 5.74. The molecular weight excluding hydrogens is 174 g/mol. The molecule has 0 aromatic rings. The van der Waals surface area contributed by atoms with Crippen molar-refractivity contribution in [1.82, 2.24) is 9.80 Å². The van der Waals surface area contributed by atoms with Gasteiger partial charge in [-0.25, -0.2) is 0 Å². The second-order valence-electron chi connectivity index (χ2n) is 4.93. The molecule has 1 unspecified atom stereocenters. The summed E-state index contributed by atoms with van der Waals surface area (Å²) in [5, 5.41) is 0. The zero-order valence-corrected chi connectivity index (χ0v) is 9.28. The predicted molar refractivity (Wildman–Crippen MR) is 59.3 cm³/mol. The summed E-state index contributed by atoms with van der Waals surface area (Å²) < 4.78 is 0. The van der Waals surface area contributed by atoms with Crippen LogP contribution in [0.1, 0.15) is 19.3 Å². The monoisotopic (exact) mass is 197 g/mol. The van der Waals surface area contributed by atoms with Gasteiger partial charge in [-0.05, 0) is 25.8 Å². The van der Waals surface area contributed by atoms with Gasteiger partial charge in [0.05, 0.1) is 0 Å². The molecule has 1 aliphatic carbocycles. The van der Waals surface area contributed by atoms with Crippen molar-refractivity contribution < 1.29 is 0 Å². The first kappa shape index (κ1) is 10.4. The number of rotatable bonds is 3. The quantitative estimate of drug-likeness (QED) is 0.709. The van der Waals surface area contributed by atoms with E-state index in [1.54, 1.807) is 0 Å². The van der Waals surface area contributed by atoms with Gasteiger partial charge in [0.2, 0.25) is 0 Å². The molecule has 3 heteroatoms. The van der Waals surface area contributed by atoms with E-state index in [2.05, 4.69) is 16.8 Å². The van der Waals surface area contributed by atoms with Crippen LogP contribution in [0.4, 0.5) is 0 Å². The topological polar surface area (TPSA) is 32.5 Å². The van der Waals surface area contributed by atoms with Crippen LogP contribution >= 0.6 is 0 Å². The third-order valence-corrected chi connectivity index (χ3v) is 3.87. The summed E-state index contributed by atoms with van der Waals surface area (Å²) in [4.78, 5) is 5.01. The van der Waals surface area contributed by atoms with Crippen molar-refractivity contribution in [3.05, 3.63) is 0 Å². The van der Waals surface area contributed by atoms with Crippen LogP contribution in [0.2, 0.25) is 0 Å². The van der Waals surface area contributed by atoms with Crippen molar-refractivity contribution in [2.45, 2.75) is 25.3 Å². The van der Waals surface area contributed by atoms with Gasteiger partial charge in [-0.2, -0.15) is 0 Å². The van der Waals surface area contributed by atoms with E-state index in [4.69, 9.17) is 5.73 Å². The zero-order valence-electron chi connectivity index (χ0n) is 9.28. The molecule has 0 bridgehead atoms. The lowest BCUT2D eigenvalue weighted by molar-refractivity contribution is 0.0745. The molecule has 2 aliphatic rings. The van der Waals surface area contributed by atoms with Crippen LogP contribution in [0.25, 0.3) is 0 Å². The van der Waals surface area contributed by atoms with E-state index in [1.807, 2.05) is 0 Å². The number of likely N-dealkylation sites (N-methyl/N-ethyl adjacent to an activating group) is 1. The fraction of sp³-hybridized carbons (Fsp3) is 1.00. The summed E-state index contributed by atoms with van der Waals surface area (Å²) in [6, 6.07) is 0.587. The molecule has 0 aromatic heterocycles. The lowest BCUT2D eigenvalue weighted by atomic mass is 9.85. The summed E-state index contributed by atoms with van der Waals surface area (Å²) in [5.74, 6) is 0.997. The number of nitrogens with zero attached hydrogens (tertiary/aromatic N) is 2. The van der Waals surface area contributed by atoms with Crippen LogP contribution in [0, 0.1) is 5.92 Å². The van der Waals surface area contributed by atoms with E-state index in [1.165, 1.54) is 45.4 Å². The highest BCUT2D eigenvalue weighted by Gasteiger charge is 2.26. The highest BCUT2D eigenvalue weighted by Crippen LogP contribution is 2.27. The molecule has 14 heavy (non-hydrogen) atoms. The number of hydrogen-bond donors (Lipinski definition) is 1. The molecule has 0 spiro atoms. The molecule has 1 saturated heterocycles. The molecule has 1 saturated carbocycles. The second-order valence-corrected chi connectivity index (χ2v) is 4.93. The molecule has 1 aliphatic heterocycles. The predicted octanol–water partition coefficient (Wildman–Crippen LogP) is 0.361. The highest BCUT2D eigenvalue weighted by molar-refractivity contribution is 4.83. The van der Waals surface area contributed by atoms with E-state index in [0.29, 0.717) is 6.04 Å². The van der Waals surface area contributed by atoms with Gasteiger partial charge in [-0.15, -0.1) is 0 Å². The fourth-order valence-electron chi connectivity index (χ4n) is 2.47. The maximum absolute atomic E-state index is 5.76. The largest absolute Gasteiger partial charge is 0.329 e. The summed E-state index contributed by atoms with van der Waals surface area (Å²) >= 11 is 0. The Kier molecular flexibility index (Phi) is 3.42. The Morgan fingerprint density at radius 1 is 1.29 bits per heavy atom. The van der Waals surface area contributed by atoms with Gasteiger partial charge in [-0.1, -0.05) is 6.42 Å². The van der Waals surface area contributed by atoms with Gasteiger partial charge in [0.1, 0.15) is 0 Å². The first-order chi connectivity index (χ1) is 6.79. The smallest absolute Gasteiger partial charge is 0.0343 e. The molecule has 82 valence electrons. The van der Waals surface area contributed by atoms with Crippen LogP contribution in [-0.4, -0.2) is 55.6 Å². The molecule has 2 N–H and O–H groups in total. The van der Waals surface area contributed by atoms with Gasteiger partial charge in [-0.3, -0.25) is 4.90 Å². The Morgan fingerprint density at radius 2 is 2.07 bits per heavy atom. The Hall–Kier alpha value is -0.120. The number of hydrogen-bond acceptors (Lipinski definition) is 3. The second kappa shape index (κ2) is 4.60. The van der Waals surface area contributed by atoms with E-state index < -0.39 is 0 Å². The zero-order chi connectivity index (χ0) is 9.97. The molecule has 1 atom stereocenters. The normalized spacial score (nSPS) is 31.7. The maximum Gasteiger partial charge on any atom is 0.0343 e. The Labute approximate surface area is 87.2 Å². The van der Waals surface area contributed by atoms with E-state index >= 15 is 0 Å². The van der Waals surface area contributed by atoms with Crippen molar-refractivity contribution in [3.63, 3.8) is 0 Å². The third-order valence-electron chi connectivity index (χ3n) is 3.87. The molecule has 3 nitrogen and oxygen atoms in total. The van der Waals surface area contributed by atoms with Gasteiger partial charge in [0.25, 0.3) is 0 Å². The minimum absolute atomic E-state index is 0.587. The number of nitrogens with two attached hydrogens (primary N) is 1. The molecule has 0 aromatic carbocycles. The highest BCUT2D eigenvalue weighted by atomic mass is 15.3. The Balaban J connectivity index is 1.76. The summed E-state index contributed by atoms with van der Waals surface area (Å²) in [6.07, 6.45) is 4.37. The fourth-order valence-corrected chi connectivity index (χ4v) is 2.47. The van der Waals surface area contributed by atoms with Crippen molar-refractivity contribution in [2.75, 3.05) is 39.8 Å². The van der Waals surface area contributed by atoms with E-state index in [9.17, 15) is 0 Å². The minimum Gasteiger partial charge on any atom is -0.329 e. The van der Waals surface area contributed by atoms with Crippen LogP contribution in [0.5, 0.6) is 0 Å². The Morgan fingerprint density at radius 3 is 2.64 bits per heavy atom. The van der Waals surface area contributed by atoms with E-state index in [0.717, 1.165) is 12.5 Å². The molecule has 0 amide bonds. The maximum atomic E-state index is 5.76. The minimum atomic E-state index is 0.587. The van der Waals surface area contributed by atoms with Gasteiger partial charge < -0.3 is 10.6 Å². The lowest BCUT2D eigenvalue weighted by Crippen LogP contribution is -2.55. The molecule has 2 fully saturated rings. The number of piperazine rings is 1. The third kappa shape index (κ3) is 2.27. The van der Waals surface area contributed by atoms with Crippen molar-refractivity contribution >= 4 is 0 Å². The van der Waals surface area contributed by atoms with Crippen LogP contribution in [-0.2, 0) is 0 Å². The van der Waals surface area contributed by atoms with Gasteiger partial charge >= 0.3 is 0 Å². The first-order valence-corrected chi connectivity index (χ1v) is 5.92. The van der Waals surface area contributed by atoms with Crippen LogP contribution in [0.15, 0.2) is 0 Å². The average Bonchev–Trinajstić information content (AvgIpc) is 2.14. The molecule has 2 rings (SSSR count). The lowest BCUT2D eigenvalue weighted by Gasteiger charge is -2.41. The molecular formula is C11H23N3. The molecule has 0 radical (unpaired) electrons. The van der Waals surface area contributed by atoms with Crippen LogP contribution in [0.3, 0.4) is 0 Å². The van der Waals surface area contributed by atoms with Crippen molar-refractivity contribution in [1.29, 1.82) is 0 Å². The SMILES string of the molecule is CN1CCN(CC2CCC2)CC1CN. The Bertz CT molecular complexity index is 179. The van der Waals surface area contributed by atoms with Crippen molar-refractivity contribution in [3.8, 4) is 0 Å². The summed E-state index contributed by atoms with van der Waals surface area (Å²) in [7, 11) is 2.19. The van der Waals surface area contributed by atoms with E-state index in [-0.39, 0.29) is 0 Å². The van der Waals surface area contributed by atoms with Crippen molar-refractivity contribution in [2.24, 2.45) is 11.7 Å². The van der Waals surface area contributed by atoms with Gasteiger partial charge in [0, 0.05) is 38.8 Å². The average molecular weight is 197 g/mol. The van der Waals surface area contributed by atoms with Gasteiger partial charge in [0.15, 0.2) is 0 Å². The summed E-state index contributed by atoms with van der Waals surface area (Å²) in [5.41, 5.74) is 5.76. The van der Waals surface area contributed by atoms with Crippen LogP contribution < -0.4 is 5.73 Å². The standard InChI is InChI=1S/C11H23N3/c1-13-5-6-14(9-11(13)7-12)8-10-3-2-4-10/h10-11H,2-9,12H2,1H3. The first-order valence-electron chi connectivity index (χ1n) is 5.92.